The highest BCUT2D eigenvalue weighted by atomic mass is 32.2. The molecule has 2 atom stereocenters. The van der Waals surface area contributed by atoms with Crippen LogP contribution in [-0.4, -0.2) is 28.9 Å². The Balaban J connectivity index is 2.06. The van der Waals surface area contributed by atoms with Gasteiger partial charge in [0.1, 0.15) is 0 Å². The van der Waals surface area contributed by atoms with Crippen LogP contribution in [0.1, 0.15) is 19.4 Å². The van der Waals surface area contributed by atoms with Gasteiger partial charge in [0.25, 0.3) is 0 Å². The third kappa shape index (κ3) is 2.92. The lowest BCUT2D eigenvalue weighted by Gasteiger charge is -2.23. The van der Waals surface area contributed by atoms with Crippen molar-refractivity contribution in [1.82, 2.24) is 0 Å². The van der Waals surface area contributed by atoms with E-state index < -0.39 is 11.2 Å². The summed E-state index contributed by atoms with van der Waals surface area (Å²) in [5.41, 5.74) is 2.11. The lowest BCUT2D eigenvalue weighted by atomic mass is 10.1. The van der Waals surface area contributed by atoms with Gasteiger partial charge >= 0.3 is 0 Å². The van der Waals surface area contributed by atoms with E-state index in [0.29, 0.717) is 0 Å². The molecule has 0 unspecified atom stereocenters. The zero-order valence-electron chi connectivity index (χ0n) is 11.0. The number of carboxylic acids is 1. The first kappa shape index (κ1) is 13.9. The molecular weight excluding hydrogens is 262 g/mol. The predicted octanol–water partition coefficient (Wildman–Crippen LogP) is 0.836. The van der Waals surface area contributed by atoms with E-state index >= 15 is 0 Å². The molecule has 5 heteroatoms. The van der Waals surface area contributed by atoms with Gasteiger partial charge in [-0.25, -0.2) is 0 Å². The first-order chi connectivity index (χ1) is 9.00. The second-order valence-electron chi connectivity index (χ2n) is 4.72. The van der Waals surface area contributed by atoms with Crippen LogP contribution in [-0.2, 0) is 16.0 Å². The fourth-order valence-corrected chi connectivity index (χ4v) is 2.95. The summed E-state index contributed by atoms with van der Waals surface area (Å²) in [5.74, 6) is -1.02. The van der Waals surface area contributed by atoms with Crippen molar-refractivity contribution in [3.63, 3.8) is 0 Å². The van der Waals surface area contributed by atoms with Crippen LogP contribution in [0.5, 0.6) is 0 Å². The molecule has 2 rings (SSSR count). The minimum Gasteiger partial charge on any atom is -0.549 e. The van der Waals surface area contributed by atoms with E-state index in [1.54, 1.807) is 4.90 Å². The van der Waals surface area contributed by atoms with Gasteiger partial charge in [0.15, 0.2) is 0 Å². The Hall–Kier alpha value is -1.49. The molecule has 1 aliphatic heterocycles. The van der Waals surface area contributed by atoms with Crippen LogP contribution >= 0.6 is 11.8 Å². The molecule has 19 heavy (non-hydrogen) atoms. The third-order valence-electron chi connectivity index (χ3n) is 3.26. The van der Waals surface area contributed by atoms with E-state index in [0.717, 1.165) is 23.9 Å². The van der Waals surface area contributed by atoms with Crippen molar-refractivity contribution >= 4 is 29.3 Å². The Morgan fingerprint density at radius 3 is 2.84 bits per heavy atom. The van der Waals surface area contributed by atoms with Crippen molar-refractivity contribution in [2.45, 2.75) is 31.6 Å². The molecule has 4 nitrogen and oxygen atoms in total. The molecule has 1 aromatic rings. The SMILES string of the molecule is C[C@H](SCC(=O)N1c2ccccc2C[C@@H]1C)C(=O)[O-]. The van der Waals surface area contributed by atoms with E-state index in [1.807, 2.05) is 31.2 Å². The van der Waals surface area contributed by atoms with Crippen molar-refractivity contribution in [3.05, 3.63) is 29.8 Å². The predicted molar refractivity (Wildman–Crippen MR) is 74.0 cm³/mol. The summed E-state index contributed by atoms with van der Waals surface area (Å²) in [6.45, 7) is 3.54. The maximum Gasteiger partial charge on any atom is 0.237 e. The lowest BCUT2D eigenvalue weighted by Crippen LogP contribution is -2.38. The van der Waals surface area contributed by atoms with Gasteiger partial charge in [-0.05, 0) is 31.9 Å². The minimum atomic E-state index is -1.13. The summed E-state index contributed by atoms with van der Waals surface area (Å²) < 4.78 is 0. The molecule has 0 saturated carbocycles. The van der Waals surface area contributed by atoms with E-state index in [9.17, 15) is 14.7 Å². The quantitative estimate of drug-likeness (QED) is 0.818. The molecule has 0 fully saturated rings. The molecule has 1 aliphatic rings. The Labute approximate surface area is 116 Å². The van der Waals surface area contributed by atoms with E-state index in [-0.39, 0.29) is 17.7 Å². The Bertz CT molecular complexity index is 503. The van der Waals surface area contributed by atoms with E-state index in [4.69, 9.17) is 0 Å². The summed E-state index contributed by atoms with van der Waals surface area (Å²) in [5, 5.41) is 9.97. The second kappa shape index (κ2) is 5.65. The number of nitrogens with zero attached hydrogens (tertiary/aromatic N) is 1. The van der Waals surface area contributed by atoms with Gasteiger partial charge in [0, 0.05) is 17.0 Å². The number of benzene rings is 1. The molecule has 0 radical (unpaired) electrons. The van der Waals surface area contributed by atoms with Crippen molar-refractivity contribution in [3.8, 4) is 0 Å². The Morgan fingerprint density at radius 1 is 1.47 bits per heavy atom. The lowest BCUT2D eigenvalue weighted by molar-refractivity contribution is -0.304. The number of anilines is 1. The first-order valence-corrected chi connectivity index (χ1v) is 7.28. The average Bonchev–Trinajstić information content (AvgIpc) is 2.71. The van der Waals surface area contributed by atoms with Crippen molar-refractivity contribution in [2.24, 2.45) is 0 Å². The number of carbonyl (C=O) groups excluding carboxylic acids is 2. The fraction of sp³-hybridized carbons (Fsp3) is 0.429. The average molecular weight is 278 g/mol. The van der Waals surface area contributed by atoms with Gasteiger partial charge in [-0.15, -0.1) is 11.8 Å². The zero-order valence-corrected chi connectivity index (χ0v) is 11.8. The number of amides is 1. The highest BCUT2D eigenvalue weighted by molar-refractivity contribution is 8.01. The molecule has 0 saturated heterocycles. The van der Waals surface area contributed by atoms with Crippen LogP contribution in [0.2, 0.25) is 0 Å². The molecule has 0 aromatic heterocycles. The standard InChI is InChI=1S/C14H17NO3S/c1-9-7-11-5-3-4-6-12(11)15(9)13(16)8-19-10(2)14(17)18/h3-6,9-10H,7-8H2,1-2H3,(H,17,18)/p-1/t9-,10-/m0/s1. The number of para-hydroxylation sites is 1. The van der Waals surface area contributed by atoms with E-state index in [2.05, 4.69) is 0 Å². The topological polar surface area (TPSA) is 60.4 Å². The summed E-state index contributed by atoms with van der Waals surface area (Å²) in [6.07, 6.45) is 0.850. The number of fused-ring (bicyclic) bond motifs is 1. The van der Waals surface area contributed by atoms with Crippen molar-refractivity contribution in [1.29, 1.82) is 0 Å². The maximum atomic E-state index is 12.2. The number of hydrogen-bond acceptors (Lipinski definition) is 4. The van der Waals surface area contributed by atoms with Crippen molar-refractivity contribution in [2.75, 3.05) is 10.7 Å². The number of rotatable bonds is 4. The van der Waals surface area contributed by atoms with Crippen LogP contribution in [0, 0.1) is 0 Å². The summed E-state index contributed by atoms with van der Waals surface area (Å²) in [4.78, 5) is 24.6. The molecule has 0 bridgehead atoms. The van der Waals surface area contributed by atoms with Crippen molar-refractivity contribution < 1.29 is 14.7 Å². The monoisotopic (exact) mass is 278 g/mol. The molecular formula is C14H16NO3S-. The van der Waals surface area contributed by atoms with Gasteiger partial charge in [0.05, 0.1) is 11.7 Å². The molecule has 0 spiro atoms. The zero-order chi connectivity index (χ0) is 14.0. The molecule has 0 N–H and O–H groups in total. The van der Waals surface area contributed by atoms with Crippen LogP contribution in [0.4, 0.5) is 5.69 Å². The van der Waals surface area contributed by atoms with Gasteiger partial charge < -0.3 is 14.8 Å². The fourth-order valence-electron chi connectivity index (χ4n) is 2.28. The number of hydrogen-bond donors (Lipinski definition) is 0. The number of carboxylic acid groups (broad SMARTS) is 1. The number of thioether (sulfide) groups is 1. The smallest absolute Gasteiger partial charge is 0.237 e. The van der Waals surface area contributed by atoms with Crippen LogP contribution in [0.3, 0.4) is 0 Å². The van der Waals surface area contributed by atoms with Gasteiger partial charge in [-0.2, -0.15) is 0 Å². The summed E-state index contributed by atoms with van der Waals surface area (Å²) >= 11 is 1.10. The molecule has 0 aliphatic carbocycles. The molecule has 102 valence electrons. The normalized spacial score (nSPS) is 19.1. The van der Waals surface area contributed by atoms with Crippen LogP contribution in [0.15, 0.2) is 24.3 Å². The highest BCUT2D eigenvalue weighted by Crippen LogP contribution is 2.32. The minimum absolute atomic E-state index is 0.0458. The van der Waals surface area contributed by atoms with Gasteiger partial charge in [-0.3, -0.25) is 4.79 Å². The first-order valence-electron chi connectivity index (χ1n) is 6.23. The third-order valence-corrected chi connectivity index (χ3v) is 4.37. The van der Waals surface area contributed by atoms with Gasteiger partial charge in [-0.1, -0.05) is 18.2 Å². The summed E-state index contributed by atoms with van der Waals surface area (Å²) in [7, 11) is 0. The number of aliphatic carboxylic acids is 1. The van der Waals surface area contributed by atoms with E-state index in [1.165, 1.54) is 12.5 Å². The van der Waals surface area contributed by atoms with Crippen LogP contribution in [0.25, 0.3) is 0 Å². The molecule has 1 aromatic carbocycles. The largest absolute Gasteiger partial charge is 0.549 e. The highest BCUT2D eigenvalue weighted by Gasteiger charge is 2.30. The summed E-state index contributed by atoms with van der Waals surface area (Å²) in [6, 6.07) is 7.96. The maximum absolute atomic E-state index is 12.2. The van der Waals surface area contributed by atoms with Crippen LogP contribution < -0.4 is 10.0 Å². The molecule has 1 heterocycles. The molecule has 1 amide bonds. The number of carbonyl (C=O) groups is 2. The van der Waals surface area contributed by atoms with Gasteiger partial charge in [0.2, 0.25) is 5.91 Å². The second-order valence-corrected chi connectivity index (χ2v) is 6.05. The Kier molecular flexibility index (Phi) is 4.14. The Morgan fingerprint density at radius 2 is 2.16 bits per heavy atom.